The summed E-state index contributed by atoms with van der Waals surface area (Å²) in [5.74, 6) is 0.636. The molecule has 0 spiro atoms. The minimum Gasteiger partial charge on any atom is -0.360 e. The van der Waals surface area contributed by atoms with Crippen LogP contribution in [0.15, 0.2) is 24.4 Å². The first-order chi connectivity index (χ1) is 7.27. The predicted octanol–water partition coefficient (Wildman–Crippen LogP) is 4.72. The van der Waals surface area contributed by atoms with Crippen molar-refractivity contribution in [3.8, 4) is 0 Å². The number of aromatic nitrogens is 1. The van der Waals surface area contributed by atoms with Gasteiger partial charge in [0.1, 0.15) is 0 Å². The Morgan fingerprint density at radius 1 is 1.27 bits per heavy atom. The standard InChI is InChI=1S/C13H16ClN/c1-3-9(4-2)11-8-15-13-10(11)6-5-7-12(13)14/h5-9,15H,3-4H2,1-2H3. The summed E-state index contributed by atoms with van der Waals surface area (Å²) in [5, 5.41) is 2.08. The summed E-state index contributed by atoms with van der Waals surface area (Å²) in [5.41, 5.74) is 2.47. The summed E-state index contributed by atoms with van der Waals surface area (Å²) < 4.78 is 0. The van der Waals surface area contributed by atoms with Crippen molar-refractivity contribution in [3.63, 3.8) is 0 Å². The van der Waals surface area contributed by atoms with Crippen molar-refractivity contribution in [1.29, 1.82) is 0 Å². The Kier molecular flexibility index (Phi) is 3.01. The lowest BCUT2D eigenvalue weighted by atomic mass is 9.94. The molecule has 2 heteroatoms. The van der Waals surface area contributed by atoms with Crippen LogP contribution in [0.25, 0.3) is 10.9 Å². The van der Waals surface area contributed by atoms with Gasteiger partial charge < -0.3 is 4.98 Å². The van der Waals surface area contributed by atoms with E-state index in [0.717, 1.165) is 10.5 Å². The fourth-order valence-electron chi connectivity index (χ4n) is 2.21. The van der Waals surface area contributed by atoms with E-state index >= 15 is 0 Å². The fourth-order valence-corrected chi connectivity index (χ4v) is 2.43. The highest BCUT2D eigenvalue weighted by Gasteiger charge is 2.13. The van der Waals surface area contributed by atoms with Crippen molar-refractivity contribution in [3.05, 3.63) is 35.0 Å². The van der Waals surface area contributed by atoms with Gasteiger partial charge in [0.15, 0.2) is 0 Å². The molecule has 0 aliphatic heterocycles. The van der Waals surface area contributed by atoms with Gasteiger partial charge in [-0.1, -0.05) is 37.6 Å². The Balaban J connectivity index is 2.58. The number of halogens is 1. The maximum absolute atomic E-state index is 6.13. The van der Waals surface area contributed by atoms with E-state index in [0.29, 0.717) is 5.92 Å². The van der Waals surface area contributed by atoms with Crippen LogP contribution in [0.5, 0.6) is 0 Å². The highest BCUT2D eigenvalue weighted by atomic mass is 35.5. The zero-order chi connectivity index (χ0) is 10.8. The molecule has 80 valence electrons. The molecule has 0 aliphatic carbocycles. The minimum atomic E-state index is 0.636. The molecule has 1 aromatic heterocycles. The second kappa shape index (κ2) is 4.28. The molecule has 0 saturated heterocycles. The molecule has 2 aromatic rings. The van der Waals surface area contributed by atoms with Gasteiger partial charge >= 0.3 is 0 Å². The Morgan fingerprint density at radius 3 is 2.67 bits per heavy atom. The number of hydrogen-bond donors (Lipinski definition) is 1. The van der Waals surface area contributed by atoms with E-state index < -0.39 is 0 Å². The number of hydrogen-bond acceptors (Lipinski definition) is 0. The minimum absolute atomic E-state index is 0.636. The Morgan fingerprint density at radius 2 is 2.00 bits per heavy atom. The summed E-state index contributed by atoms with van der Waals surface area (Å²) >= 11 is 6.13. The van der Waals surface area contributed by atoms with Crippen LogP contribution in [0.1, 0.15) is 38.2 Å². The smallest absolute Gasteiger partial charge is 0.0647 e. The molecule has 1 N–H and O–H groups in total. The van der Waals surface area contributed by atoms with E-state index in [1.54, 1.807) is 0 Å². The average Bonchev–Trinajstić information content (AvgIpc) is 2.66. The maximum atomic E-state index is 6.13. The van der Waals surface area contributed by atoms with Crippen LogP contribution in [0.4, 0.5) is 0 Å². The van der Waals surface area contributed by atoms with E-state index in [9.17, 15) is 0 Å². The van der Waals surface area contributed by atoms with Gasteiger partial charge in [-0.2, -0.15) is 0 Å². The first-order valence-electron chi connectivity index (χ1n) is 5.53. The number of aromatic amines is 1. The van der Waals surface area contributed by atoms with Gasteiger partial charge in [0, 0.05) is 11.6 Å². The van der Waals surface area contributed by atoms with Crippen LogP contribution >= 0.6 is 11.6 Å². The lowest BCUT2D eigenvalue weighted by Gasteiger charge is -2.10. The SMILES string of the molecule is CCC(CC)c1c[nH]c2c(Cl)cccc12. The van der Waals surface area contributed by atoms with Crippen molar-refractivity contribution < 1.29 is 0 Å². The maximum Gasteiger partial charge on any atom is 0.0647 e. The van der Waals surface area contributed by atoms with Crippen molar-refractivity contribution in [1.82, 2.24) is 4.98 Å². The molecule has 0 unspecified atom stereocenters. The third-order valence-electron chi connectivity index (χ3n) is 3.12. The highest BCUT2D eigenvalue weighted by molar-refractivity contribution is 6.35. The van der Waals surface area contributed by atoms with Crippen molar-refractivity contribution in [2.45, 2.75) is 32.6 Å². The van der Waals surface area contributed by atoms with E-state index in [4.69, 9.17) is 11.6 Å². The first kappa shape index (κ1) is 10.6. The quantitative estimate of drug-likeness (QED) is 0.772. The van der Waals surface area contributed by atoms with E-state index in [-0.39, 0.29) is 0 Å². The average molecular weight is 222 g/mol. The van der Waals surface area contributed by atoms with E-state index in [1.807, 2.05) is 12.1 Å². The molecule has 0 bridgehead atoms. The van der Waals surface area contributed by atoms with Gasteiger partial charge in [0.25, 0.3) is 0 Å². The van der Waals surface area contributed by atoms with Crippen LogP contribution in [-0.2, 0) is 0 Å². The summed E-state index contributed by atoms with van der Waals surface area (Å²) in [4.78, 5) is 3.27. The normalized spacial score (nSPS) is 11.5. The van der Waals surface area contributed by atoms with Crippen LogP contribution in [0, 0.1) is 0 Å². The van der Waals surface area contributed by atoms with Gasteiger partial charge in [0.05, 0.1) is 10.5 Å². The summed E-state index contributed by atoms with van der Waals surface area (Å²) in [6.07, 6.45) is 4.46. The number of rotatable bonds is 3. The topological polar surface area (TPSA) is 15.8 Å². The molecule has 1 nitrogen and oxygen atoms in total. The Hall–Kier alpha value is -0.950. The summed E-state index contributed by atoms with van der Waals surface area (Å²) in [6, 6.07) is 6.09. The third-order valence-corrected chi connectivity index (χ3v) is 3.44. The number of para-hydroxylation sites is 1. The van der Waals surface area contributed by atoms with Gasteiger partial charge in [-0.3, -0.25) is 0 Å². The molecule has 0 fully saturated rings. The zero-order valence-corrected chi connectivity index (χ0v) is 9.93. The molecule has 1 heterocycles. The van der Waals surface area contributed by atoms with Crippen LogP contribution in [-0.4, -0.2) is 4.98 Å². The first-order valence-corrected chi connectivity index (χ1v) is 5.91. The molecule has 0 amide bonds. The second-order valence-corrected chi connectivity index (χ2v) is 4.33. The number of fused-ring (bicyclic) bond motifs is 1. The van der Waals surface area contributed by atoms with Crippen LogP contribution in [0.3, 0.4) is 0 Å². The molecule has 1 aromatic carbocycles. The number of nitrogens with one attached hydrogen (secondary N) is 1. The van der Waals surface area contributed by atoms with Crippen LogP contribution < -0.4 is 0 Å². The van der Waals surface area contributed by atoms with Crippen molar-refractivity contribution in [2.24, 2.45) is 0 Å². The highest BCUT2D eigenvalue weighted by Crippen LogP contribution is 2.32. The molecule has 2 rings (SSSR count). The number of benzene rings is 1. The molecular formula is C13H16ClN. The third kappa shape index (κ3) is 1.76. The summed E-state index contributed by atoms with van der Waals surface area (Å²) in [7, 11) is 0. The fraction of sp³-hybridized carbons (Fsp3) is 0.385. The van der Waals surface area contributed by atoms with Gasteiger partial charge in [-0.05, 0) is 30.4 Å². The predicted molar refractivity (Wildman–Crippen MR) is 66.6 cm³/mol. The summed E-state index contributed by atoms with van der Waals surface area (Å²) in [6.45, 7) is 4.47. The lowest BCUT2D eigenvalue weighted by Crippen LogP contribution is -1.93. The van der Waals surface area contributed by atoms with E-state index in [1.165, 1.54) is 23.8 Å². The Bertz CT molecular complexity index is 455. The Labute approximate surface area is 95.5 Å². The molecule has 15 heavy (non-hydrogen) atoms. The molecule has 0 atom stereocenters. The molecule has 0 saturated carbocycles. The van der Waals surface area contributed by atoms with Gasteiger partial charge in [0.2, 0.25) is 0 Å². The molecular weight excluding hydrogens is 206 g/mol. The largest absolute Gasteiger partial charge is 0.360 e. The number of H-pyrrole nitrogens is 1. The van der Waals surface area contributed by atoms with Gasteiger partial charge in [-0.25, -0.2) is 0 Å². The molecule has 0 aliphatic rings. The lowest BCUT2D eigenvalue weighted by molar-refractivity contribution is 0.646. The molecule has 0 radical (unpaired) electrons. The zero-order valence-electron chi connectivity index (χ0n) is 9.18. The van der Waals surface area contributed by atoms with Gasteiger partial charge in [-0.15, -0.1) is 0 Å². The van der Waals surface area contributed by atoms with Crippen molar-refractivity contribution in [2.75, 3.05) is 0 Å². The van der Waals surface area contributed by atoms with E-state index in [2.05, 4.69) is 31.1 Å². The monoisotopic (exact) mass is 221 g/mol. The van der Waals surface area contributed by atoms with Crippen LogP contribution in [0.2, 0.25) is 5.02 Å². The second-order valence-electron chi connectivity index (χ2n) is 3.92. The van der Waals surface area contributed by atoms with Crippen molar-refractivity contribution >= 4 is 22.5 Å².